The fourth-order valence-electron chi connectivity index (χ4n) is 2.44. The molecule has 0 atom stereocenters. The van der Waals surface area contributed by atoms with Crippen molar-refractivity contribution in [2.45, 2.75) is 13.5 Å². The summed E-state index contributed by atoms with van der Waals surface area (Å²) >= 11 is 1.45. The maximum absolute atomic E-state index is 12.0. The Hall–Kier alpha value is -3.18. The number of carbonyl (C=O) groups is 4. The summed E-state index contributed by atoms with van der Waals surface area (Å²) in [5.41, 5.74) is 12.9. The van der Waals surface area contributed by atoms with E-state index in [-0.39, 0.29) is 29.9 Å². The topological polar surface area (TPSA) is 154 Å². The minimum atomic E-state index is -0.624. The lowest BCUT2D eigenvalue weighted by Crippen LogP contribution is -2.17. The largest absolute Gasteiger partial charge is 0.487 e. The van der Waals surface area contributed by atoms with Gasteiger partial charge < -0.3 is 26.8 Å². The Labute approximate surface area is 187 Å². The van der Waals surface area contributed by atoms with Crippen molar-refractivity contribution in [1.82, 2.24) is 0 Å². The number of hydrogen-bond acceptors (Lipinski definition) is 7. The Morgan fingerprint density at radius 1 is 0.903 bits per heavy atom. The average Bonchev–Trinajstić information content (AvgIpc) is 2.71. The summed E-state index contributed by atoms with van der Waals surface area (Å²) in [4.78, 5) is 45.3. The third kappa shape index (κ3) is 8.60. The van der Waals surface area contributed by atoms with Crippen molar-refractivity contribution in [3.63, 3.8) is 0 Å². The predicted molar refractivity (Wildman–Crippen MR) is 123 cm³/mol. The molecule has 0 heterocycles. The van der Waals surface area contributed by atoms with Crippen LogP contribution in [0.3, 0.4) is 0 Å². The molecule has 0 spiro atoms. The average molecular weight is 463 g/mol. The molecule has 0 fully saturated rings. The molecular formula is C20H22N4O5S2. The molecule has 0 unspecified atom stereocenters. The van der Waals surface area contributed by atoms with E-state index in [1.807, 2.05) is 13.0 Å². The molecule has 0 bridgehead atoms. The van der Waals surface area contributed by atoms with Gasteiger partial charge in [0.25, 0.3) is 10.5 Å². The van der Waals surface area contributed by atoms with E-state index in [9.17, 15) is 19.2 Å². The summed E-state index contributed by atoms with van der Waals surface area (Å²) in [6.45, 7) is 2.11. The van der Waals surface area contributed by atoms with Gasteiger partial charge in [-0.15, -0.1) is 0 Å². The van der Waals surface area contributed by atoms with Gasteiger partial charge in [0.2, 0.25) is 11.8 Å². The van der Waals surface area contributed by atoms with Gasteiger partial charge in [-0.2, -0.15) is 0 Å². The molecule has 6 N–H and O–H groups in total. The van der Waals surface area contributed by atoms with Gasteiger partial charge in [-0.1, -0.05) is 41.7 Å². The van der Waals surface area contributed by atoms with Crippen molar-refractivity contribution in [2.75, 3.05) is 22.1 Å². The molecule has 4 amide bonds. The first kappa shape index (κ1) is 24.1. The number of carbonyl (C=O) groups excluding carboxylic acids is 4. The number of rotatable bonds is 9. The maximum atomic E-state index is 12.0. The van der Waals surface area contributed by atoms with Crippen LogP contribution >= 0.6 is 23.5 Å². The van der Waals surface area contributed by atoms with Gasteiger partial charge in [-0.25, -0.2) is 0 Å². The second kappa shape index (κ2) is 11.9. The van der Waals surface area contributed by atoms with E-state index in [0.29, 0.717) is 17.1 Å². The van der Waals surface area contributed by atoms with Crippen LogP contribution in [0.5, 0.6) is 5.75 Å². The van der Waals surface area contributed by atoms with Crippen LogP contribution in [0.4, 0.5) is 21.0 Å². The molecule has 0 aliphatic heterocycles. The Bertz CT molecular complexity index is 984. The lowest BCUT2D eigenvalue weighted by atomic mass is 10.1. The minimum Gasteiger partial charge on any atom is -0.487 e. The zero-order chi connectivity index (χ0) is 22.8. The van der Waals surface area contributed by atoms with Gasteiger partial charge >= 0.3 is 0 Å². The van der Waals surface area contributed by atoms with Gasteiger partial charge in [0.1, 0.15) is 12.4 Å². The van der Waals surface area contributed by atoms with Crippen molar-refractivity contribution in [1.29, 1.82) is 0 Å². The van der Waals surface area contributed by atoms with E-state index in [1.54, 1.807) is 36.4 Å². The van der Waals surface area contributed by atoms with Gasteiger partial charge in [-0.05, 0) is 42.3 Å². The summed E-state index contributed by atoms with van der Waals surface area (Å²) in [6, 6.07) is 12.3. The van der Waals surface area contributed by atoms with E-state index in [4.69, 9.17) is 16.2 Å². The highest BCUT2D eigenvalue weighted by atomic mass is 32.2. The Morgan fingerprint density at radius 3 is 2.13 bits per heavy atom. The number of nitrogens with one attached hydrogen (secondary N) is 2. The molecule has 31 heavy (non-hydrogen) atoms. The Morgan fingerprint density at radius 2 is 1.52 bits per heavy atom. The van der Waals surface area contributed by atoms with Crippen LogP contribution in [-0.4, -0.2) is 33.8 Å². The quantitative estimate of drug-likeness (QED) is 0.446. The molecule has 0 aromatic heterocycles. The summed E-state index contributed by atoms with van der Waals surface area (Å²) in [7, 11) is 0. The van der Waals surface area contributed by atoms with Gasteiger partial charge in [-0.3, -0.25) is 19.2 Å². The number of amides is 4. The fourth-order valence-corrected chi connectivity index (χ4v) is 3.13. The van der Waals surface area contributed by atoms with Crippen molar-refractivity contribution >= 4 is 57.2 Å². The lowest BCUT2D eigenvalue weighted by Gasteiger charge is -2.14. The number of para-hydroxylation sites is 2. The number of anilines is 2. The van der Waals surface area contributed by atoms with Crippen LogP contribution in [0.25, 0.3) is 0 Å². The Kier molecular flexibility index (Phi) is 9.22. The highest BCUT2D eigenvalue weighted by molar-refractivity contribution is 8.14. The standard InChI is InChI=1S/C20H22N4O5S2/c1-12-8-14(23-17(25)10-30-19(21)27)7-6-13(12)9-29-16-5-3-2-4-15(16)24-18(26)11-31-20(22)28/h2-8H,9-11H2,1H3,(H2,21,27)(H2,22,28)(H,23,25)(H,24,26). The molecule has 9 nitrogen and oxygen atoms in total. The normalized spacial score (nSPS) is 10.2. The summed E-state index contributed by atoms with van der Waals surface area (Å²) in [6.07, 6.45) is 0. The van der Waals surface area contributed by atoms with Crippen LogP contribution in [0, 0.1) is 6.92 Å². The number of aryl methyl sites for hydroxylation is 1. The zero-order valence-electron chi connectivity index (χ0n) is 16.7. The number of primary amides is 2. The van der Waals surface area contributed by atoms with Crippen LogP contribution in [0.1, 0.15) is 11.1 Å². The molecule has 2 rings (SSSR count). The number of ether oxygens (including phenoxy) is 1. The summed E-state index contributed by atoms with van der Waals surface area (Å²) in [5.74, 6) is -0.370. The first-order chi connectivity index (χ1) is 14.7. The molecule has 11 heteroatoms. The SMILES string of the molecule is Cc1cc(NC(=O)CSC(N)=O)ccc1COc1ccccc1NC(=O)CSC(N)=O. The molecule has 164 valence electrons. The minimum absolute atomic E-state index is 0.0559. The molecule has 2 aromatic carbocycles. The van der Waals surface area contributed by atoms with Crippen molar-refractivity contribution in [3.8, 4) is 5.75 Å². The van der Waals surface area contributed by atoms with Crippen molar-refractivity contribution < 1.29 is 23.9 Å². The number of hydrogen-bond donors (Lipinski definition) is 4. The molecule has 0 aliphatic rings. The van der Waals surface area contributed by atoms with E-state index in [2.05, 4.69) is 10.6 Å². The van der Waals surface area contributed by atoms with E-state index >= 15 is 0 Å². The predicted octanol–water partition coefficient (Wildman–Crippen LogP) is 3.07. The first-order valence-corrected chi connectivity index (χ1v) is 11.0. The molecule has 0 saturated carbocycles. The van der Waals surface area contributed by atoms with Crippen LogP contribution in [-0.2, 0) is 16.2 Å². The summed E-state index contributed by atoms with van der Waals surface area (Å²) in [5, 5.41) is 4.16. The van der Waals surface area contributed by atoms with Gasteiger partial charge in [0.05, 0.1) is 17.2 Å². The molecule has 2 aromatic rings. The van der Waals surface area contributed by atoms with E-state index in [1.165, 1.54) is 0 Å². The third-order valence-electron chi connectivity index (χ3n) is 3.86. The van der Waals surface area contributed by atoms with Crippen LogP contribution in [0.2, 0.25) is 0 Å². The number of benzene rings is 2. The third-order valence-corrected chi connectivity index (χ3v) is 5.24. The van der Waals surface area contributed by atoms with Crippen molar-refractivity contribution in [2.24, 2.45) is 11.5 Å². The van der Waals surface area contributed by atoms with E-state index < -0.39 is 10.5 Å². The highest BCUT2D eigenvalue weighted by Gasteiger charge is 2.11. The van der Waals surface area contributed by atoms with Crippen molar-refractivity contribution in [3.05, 3.63) is 53.6 Å². The van der Waals surface area contributed by atoms with Gasteiger partial charge in [0.15, 0.2) is 0 Å². The highest BCUT2D eigenvalue weighted by Crippen LogP contribution is 2.26. The number of nitrogens with two attached hydrogens (primary N) is 2. The van der Waals surface area contributed by atoms with Crippen LogP contribution in [0.15, 0.2) is 42.5 Å². The second-order valence-corrected chi connectivity index (χ2v) is 8.20. The van der Waals surface area contributed by atoms with Gasteiger partial charge in [0, 0.05) is 5.69 Å². The lowest BCUT2D eigenvalue weighted by molar-refractivity contribution is -0.114. The maximum Gasteiger partial charge on any atom is 0.276 e. The first-order valence-electron chi connectivity index (χ1n) is 9.00. The molecule has 0 radical (unpaired) electrons. The fraction of sp³-hybridized carbons (Fsp3) is 0.200. The smallest absolute Gasteiger partial charge is 0.276 e. The molecule has 0 aliphatic carbocycles. The second-order valence-electron chi connectivity index (χ2n) is 6.24. The zero-order valence-corrected chi connectivity index (χ0v) is 18.3. The van der Waals surface area contributed by atoms with E-state index in [0.717, 1.165) is 34.7 Å². The van der Waals surface area contributed by atoms with Crippen LogP contribution < -0.4 is 26.8 Å². The monoisotopic (exact) mass is 462 g/mol. The Balaban J connectivity index is 1.97. The summed E-state index contributed by atoms with van der Waals surface area (Å²) < 4.78 is 5.86. The molecule has 0 saturated heterocycles. The number of thioether (sulfide) groups is 2. The molecular weight excluding hydrogens is 440 g/mol.